The van der Waals surface area contributed by atoms with E-state index in [1.165, 1.54) is 5.57 Å². The molecule has 0 aliphatic rings. The number of carbonyl (C=O) groups is 1. The molecule has 0 bridgehead atoms. The summed E-state index contributed by atoms with van der Waals surface area (Å²) in [6.07, 6.45) is 5.29. The van der Waals surface area contributed by atoms with E-state index in [-0.39, 0.29) is 5.78 Å². The molecule has 0 saturated carbocycles. The second-order valence-electron chi connectivity index (χ2n) is 3.73. The molecule has 0 saturated heterocycles. The molecule has 0 heterocycles. The van der Waals surface area contributed by atoms with Crippen molar-refractivity contribution in [3.05, 3.63) is 34.9 Å². The SMILES string of the molecule is CC(C)=CC(=O)/C=C(\C)C=C(C)C. The van der Waals surface area contributed by atoms with E-state index in [1.807, 2.05) is 40.7 Å². The molecule has 0 atom stereocenters. The van der Waals surface area contributed by atoms with Gasteiger partial charge in [0.15, 0.2) is 5.78 Å². The van der Waals surface area contributed by atoms with Crippen molar-refractivity contribution in [3.8, 4) is 0 Å². The van der Waals surface area contributed by atoms with Gasteiger partial charge in [0.2, 0.25) is 0 Å². The van der Waals surface area contributed by atoms with Crippen LogP contribution in [0.1, 0.15) is 34.6 Å². The van der Waals surface area contributed by atoms with Crippen LogP contribution in [0.2, 0.25) is 0 Å². The van der Waals surface area contributed by atoms with E-state index in [1.54, 1.807) is 12.2 Å². The summed E-state index contributed by atoms with van der Waals surface area (Å²) in [5.74, 6) is 0.0648. The van der Waals surface area contributed by atoms with Crippen LogP contribution in [-0.2, 0) is 4.79 Å². The average Bonchev–Trinajstić information content (AvgIpc) is 1.80. The maximum absolute atomic E-state index is 11.3. The lowest BCUT2D eigenvalue weighted by molar-refractivity contribution is -0.110. The molecule has 0 spiro atoms. The van der Waals surface area contributed by atoms with E-state index in [0.717, 1.165) is 11.1 Å². The van der Waals surface area contributed by atoms with Crippen molar-refractivity contribution in [2.24, 2.45) is 0 Å². The Bertz CT molecular complexity index is 269. The van der Waals surface area contributed by atoms with Gasteiger partial charge in [-0.15, -0.1) is 0 Å². The summed E-state index contributed by atoms with van der Waals surface area (Å²) >= 11 is 0. The molecule has 0 aromatic heterocycles. The third-order valence-corrected chi connectivity index (χ3v) is 1.32. The van der Waals surface area contributed by atoms with Gasteiger partial charge in [0, 0.05) is 0 Å². The normalized spacial score (nSPS) is 10.7. The minimum absolute atomic E-state index is 0.0648. The molecular formula is C12H18O. The van der Waals surface area contributed by atoms with Crippen LogP contribution in [0.5, 0.6) is 0 Å². The van der Waals surface area contributed by atoms with Crippen molar-refractivity contribution in [2.45, 2.75) is 34.6 Å². The van der Waals surface area contributed by atoms with Gasteiger partial charge in [-0.25, -0.2) is 0 Å². The van der Waals surface area contributed by atoms with Crippen LogP contribution in [0.15, 0.2) is 34.9 Å². The summed E-state index contributed by atoms with van der Waals surface area (Å²) in [6, 6.07) is 0. The molecule has 0 radical (unpaired) electrons. The fourth-order valence-corrected chi connectivity index (χ4v) is 1.05. The van der Waals surface area contributed by atoms with Crippen molar-refractivity contribution in [1.29, 1.82) is 0 Å². The highest BCUT2D eigenvalue weighted by Gasteiger charge is 1.92. The highest BCUT2D eigenvalue weighted by atomic mass is 16.1. The topological polar surface area (TPSA) is 17.1 Å². The summed E-state index contributed by atoms with van der Waals surface area (Å²) in [5, 5.41) is 0. The first-order chi connectivity index (χ1) is 5.91. The Hall–Kier alpha value is -1.11. The van der Waals surface area contributed by atoms with Gasteiger partial charge in [-0.3, -0.25) is 4.79 Å². The number of ketones is 1. The second kappa shape index (κ2) is 5.52. The zero-order chi connectivity index (χ0) is 10.4. The molecule has 0 amide bonds. The monoisotopic (exact) mass is 178 g/mol. The number of allylic oxidation sites excluding steroid dienone is 6. The van der Waals surface area contributed by atoms with E-state index < -0.39 is 0 Å². The zero-order valence-electron chi connectivity index (χ0n) is 9.14. The minimum Gasteiger partial charge on any atom is -0.290 e. The zero-order valence-corrected chi connectivity index (χ0v) is 9.14. The van der Waals surface area contributed by atoms with Crippen LogP contribution < -0.4 is 0 Å². The second-order valence-corrected chi connectivity index (χ2v) is 3.73. The number of hydrogen-bond donors (Lipinski definition) is 0. The van der Waals surface area contributed by atoms with Crippen LogP contribution >= 0.6 is 0 Å². The maximum atomic E-state index is 11.3. The van der Waals surface area contributed by atoms with Crippen molar-refractivity contribution >= 4 is 5.78 Å². The Morgan fingerprint density at radius 3 is 1.62 bits per heavy atom. The molecule has 0 unspecified atom stereocenters. The van der Waals surface area contributed by atoms with Gasteiger partial charge in [0.1, 0.15) is 0 Å². The first kappa shape index (κ1) is 11.9. The van der Waals surface area contributed by atoms with Crippen LogP contribution in [0.25, 0.3) is 0 Å². The van der Waals surface area contributed by atoms with Gasteiger partial charge < -0.3 is 0 Å². The Kier molecular flexibility index (Phi) is 5.05. The Morgan fingerprint density at radius 2 is 1.23 bits per heavy atom. The average molecular weight is 178 g/mol. The molecule has 0 N–H and O–H groups in total. The molecule has 13 heavy (non-hydrogen) atoms. The van der Waals surface area contributed by atoms with Gasteiger partial charge >= 0.3 is 0 Å². The third kappa shape index (κ3) is 7.26. The van der Waals surface area contributed by atoms with Gasteiger partial charge in [0.25, 0.3) is 0 Å². The lowest BCUT2D eigenvalue weighted by Gasteiger charge is -1.92. The standard InChI is InChI=1S/C12H18O/c1-9(2)6-11(5)8-12(13)7-10(3)4/h6-8H,1-5H3/b11-8+. The van der Waals surface area contributed by atoms with Crippen molar-refractivity contribution < 1.29 is 4.79 Å². The van der Waals surface area contributed by atoms with E-state index >= 15 is 0 Å². The van der Waals surface area contributed by atoms with Crippen molar-refractivity contribution in [2.75, 3.05) is 0 Å². The summed E-state index contributed by atoms with van der Waals surface area (Å²) < 4.78 is 0. The highest BCUT2D eigenvalue weighted by molar-refractivity contribution is 6.00. The predicted molar refractivity (Wildman–Crippen MR) is 57.6 cm³/mol. The fourth-order valence-electron chi connectivity index (χ4n) is 1.05. The number of hydrogen-bond acceptors (Lipinski definition) is 1. The van der Waals surface area contributed by atoms with Crippen LogP contribution in [0.3, 0.4) is 0 Å². The Morgan fingerprint density at radius 1 is 0.769 bits per heavy atom. The van der Waals surface area contributed by atoms with E-state index in [4.69, 9.17) is 0 Å². The molecule has 0 aromatic rings. The lowest BCUT2D eigenvalue weighted by Crippen LogP contribution is -1.88. The quantitative estimate of drug-likeness (QED) is 0.478. The smallest absolute Gasteiger partial charge is 0.178 e. The molecule has 0 fully saturated rings. The molecule has 1 nitrogen and oxygen atoms in total. The van der Waals surface area contributed by atoms with Gasteiger partial charge in [-0.1, -0.05) is 17.2 Å². The van der Waals surface area contributed by atoms with E-state index in [0.29, 0.717) is 0 Å². The molecule has 0 aromatic carbocycles. The summed E-state index contributed by atoms with van der Waals surface area (Å²) in [6.45, 7) is 9.80. The first-order valence-corrected chi connectivity index (χ1v) is 4.44. The third-order valence-electron chi connectivity index (χ3n) is 1.32. The van der Waals surface area contributed by atoms with Gasteiger partial charge in [-0.2, -0.15) is 0 Å². The maximum Gasteiger partial charge on any atom is 0.178 e. The van der Waals surface area contributed by atoms with Gasteiger partial charge in [0.05, 0.1) is 0 Å². The van der Waals surface area contributed by atoms with Crippen molar-refractivity contribution in [1.82, 2.24) is 0 Å². The first-order valence-electron chi connectivity index (χ1n) is 4.44. The molecular weight excluding hydrogens is 160 g/mol. The molecule has 0 rings (SSSR count). The largest absolute Gasteiger partial charge is 0.290 e. The van der Waals surface area contributed by atoms with Crippen LogP contribution in [0.4, 0.5) is 0 Å². The van der Waals surface area contributed by atoms with E-state index in [2.05, 4.69) is 0 Å². The minimum atomic E-state index is 0.0648. The Labute approximate surface area is 80.8 Å². The predicted octanol–water partition coefficient (Wildman–Crippen LogP) is 3.43. The van der Waals surface area contributed by atoms with Crippen LogP contribution in [-0.4, -0.2) is 5.78 Å². The molecule has 0 aliphatic heterocycles. The van der Waals surface area contributed by atoms with Crippen molar-refractivity contribution in [3.63, 3.8) is 0 Å². The molecule has 0 aliphatic carbocycles. The Balaban J connectivity index is 4.50. The van der Waals surface area contributed by atoms with Gasteiger partial charge in [-0.05, 0) is 52.3 Å². The summed E-state index contributed by atoms with van der Waals surface area (Å²) in [5.41, 5.74) is 3.24. The molecule has 1 heteroatoms. The number of carbonyl (C=O) groups excluding carboxylic acids is 1. The number of rotatable bonds is 3. The summed E-state index contributed by atoms with van der Waals surface area (Å²) in [4.78, 5) is 11.3. The summed E-state index contributed by atoms with van der Waals surface area (Å²) in [7, 11) is 0. The molecule has 72 valence electrons. The van der Waals surface area contributed by atoms with E-state index in [9.17, 15) is 4.79 Å². The highest BCUT2D eigenvalue weighted by Crippen LogP contribution is 2.01. The van der Waals surface area contributed by atoms with Crippen LogP contribution in [0, 0.1) is 0 Å². The fraction of sp³-hybridized carbons (Fsp3) is 0.417. The lowest BCUT2D eigenvalue weighted by atomic mass is 10.1.